The van der Waals surface area contributed by atoms with Crippen LogP contribution >= 0.6 is 0 Å². The van der Waals surface area contributed by atoms with Gasteiger partial charge in [0, 0.05) is 31.4 Å². The van der Waals surface area contributed by atoms with Crippen molar-refractivity contribution in [1.82, 2.24) is 4.90 Å². The standard InChI is InChI=1S/C21H23N3O2/c1-14-13-24(20(14)16-6-4-3-5-7-16)21(26)22-18-8-9-19-17(12-18)10-11-23(19)15(2)25/h3-9,12,14,20H,10-11,13H2,1-2H3,(H,22,26)/t14-,20-/m1/s1. The van der Waals surface area contributed by atoms with Crippen LogP contribution in [-0.4, -0.2) is 29.9 Å². The predicted molar refractivity (Wildman–Crippen MR) is 102 cm³/mol. The zero-order chi connectivity index (χ0) is 18.3. The maximum atomic E-state index is 12.7. The van der Waals surface area contributed by atoms with Crippen molar-refractivity contribution in [2.45, 2.75) is 26.3 Å². The van der Waals surface area contributed by atoms with Crippen molar-refractivity contribution in [3.8, 4) is 0 Å². The van der Waals surface area contributed by atoms with Crippen LogP contribution in [0.4, 0.5) is 16.2 Å². The van der Waals surface area contributed by atoms with Gasteiger partial charge in [0.1, 0.15) is 0 Å². The highest BCUT2D eigenvalue weighted by Gasteiger charge is 2.40. The highest BCUT2D eigenvalue weighted by Crippen LogP contribution is 2.39. The Hall–Kier alpha value is -2.82. The van der Waals surface area contributed by atoms with Crippen LogP contribution in [0.5, 0.6) is 0 Å². The van der Waals surface area contributed by atoms with Gasteiger partial charge in [0.05, 0.1) is 6.04 Å². The zero-order valence-electron chi connectivity index (χ0n) is 15.1. The molecule has 1 N–H and O–H groups in total. The molecule has 2 aliphatic heterocycles. The number of nitrogens with zero attached hydrogens (tertiary/aromatic N) is 2. The van der Waals surface area contributed by atoms with Crippen LogP contribution in [0.2, 0.25) is 0 Å². The largest absolute Gasteiger partial charge is 0.322 e. The molecule has 1 saturated heterocycles. The lowest BCUT2D eigenvalue weighted by Crippen LogP contribution is -2.53. The zero-order valence-corrected chi connectivity index (χ0v) is 15.1. The molecule has 0 unspecified atom stereocenters. The summed E-state index contributed by atoms with van der Waals surface area (Å²) in [5.41, 5.74) is 4.02. The summed E-state index contributed by atoms with van der Waals surface area (Å²) in [6.07, 6.45) is 0.825. The van der Waals surface area contributed by atoms with Crippen molar-refractivity contribution >= 4 is 23.3 Å². The van der Waals surface area contributed by atoms with Gasteiger partial charge in [-0.25, -0.2) is 4.79 Å². The van der Waals surface area contributed by atoms with E-state index in [9.17, 15) is 9.59 Å². The van der Waals surface area contributed by atoms with Crippen LogP contribution in [0, 0.1) is 5.92 Å². The number of hydrogen-bond donors (Lipinski definition) is 1. The second-order valence-electron chi connectivity index (χ2n) is 7.18. The maximum Gasteiger partial charge on any atom is 0.322 e. The molecule has 5 nitrogen and oxygen atoms in total. The topological polar surface area (TPSA) is 52.7 Å². The van der Waals surface area contributed by atoms with E-state index in [1.54, 1.807) is 11.8 Å². The summed E-state index contributed by atoms with van der Waals surface area (Å²) in [5.74, 6) is 0.508. The number of urea groups is 1. The number of fused-ring (bicyclic) bond motifs is 1. The number of carbonyl (C=O) groups excluding carboxylic acids is 2. The van der Waals surface area contributed by atoms with Gasteiger partial charge in [-0.1, -0.05) is 37.3 Å². The molecule has 2 atom stereocenters. The molecular weight excluding hydrogens is 326 g/mol. The fourth-order valence-electron chi connectivity index (χ4n) is 4.06. The normalized spacial score (nSPS) is 21.2. The fourth-order valence-corrected chi connectivity index (χ4v) is 4.06. The average molecular weight is 349 g/mol. The highest BCUT2D eigenvalue weighted by molar-refractivity contribution is 5.95. The summed E-state index contributed by atoms with van der Waals surface area (Å²) < 4.78 is 0. The van der Waals surface area contributed by atoms with Crippen molar-refractivity contribution in [2.75, 3.05) is 23.3 Å². The number of rotatable bonds is 2. The fraction of sp³-hybridized carbons (Fsp3) is 0.333. The Morgan fingerprint density at radius 2 is 1.88 bits per heavy atom. The molecule has 134 valence electrons. The Bertz CT molecular complexity index is 850. The van der Waals surface area contributed by atoms with Gasteiger partial charge in [-0.15, -0.1) is 0 Å². The van der Waals surface area contributed by atoms with Gasteiger partial charge in [-0.2, -0.15) is 0 Å². The Morgan fingerprint density at radius 1 is 1.12 bits per heavy atom. The van der Waals surface area contributed by atoms with E-state index in [0.717, 1.165) is 29.9 Å². The Morgan fingerprint density at radius 3 is 2.58 bits per heavy atom. The van der Waals surface area contributed by atoms with Gasteiger partial charge < -0.3 is 15.1 Å². The van der Waals surface area contributed by atoms with Crippen LogP contribution in [0.25, 0.3) is 0 Å². The molecule has 4 rings (SSSR count). The second kappa shape index (κ2) is 6.48. The molecular formula is C21H23N3O2. The molecule has 2 aromatic rings. The maximum absolute atomic E-state index is 12.7. The Kier molecular flexibility index (Phi) is 4.15. The minimum Gasteiger partial charge on any atom is -0.317 e. The number of nitrogens with one attached hydrogen (secondary N) is 1. The van der Waals surface area contributed by atoms with Gasteiger partial charge in [-0.3, -0.25) is 4.79 Å². The first-order valence-electron chi connectivity index (χ1n) is 9.08. The quantitative estimate of drug-likeness (QED) is 0.896. The number of carbonyl (C=O) groups is 2. The lowest BCUT2D eigenvalue weighted by Gasteiger charge is -2.46. The average Bonchev–Trinajstić information content (AvgIpc) is 3.03. The van der Waals surface area contributed by atoms with Crippen LogP contribution < -0.4 is 10.2 Å². The molecule has 0 bridgehead atoms. The van der Waals surface area contributed by atoms with Crippen LogP contribution in [0.1, 0.15) is 31.0 Å². The van der Waals surface area contributed by atoms with Crippen molar-refractivity contribution in [3.05, 3.63) is 59.7 Å². The van der Waals surface area contributed by atoms with Crippen molar-refractivity contribution < 1.29 is 9.59 Å². The third-order valence-electron chi connectivity index (χ3n) is 5.37. The van der Waals surface area contributed by atoms with E-state index in [1.807, 2.05) is 41.3 Å². The molecule has 26 heavy (non-hydrogen) atoms. The molecule has 0 radical (unpaired) electrons. The van der Waals surface area contributed by atoms with Crippen molar-refractivity contribution in [3.63, 3.8) is 0 Å². The summed E-state index contributed by atoms with van der Waals surface area (Å²) in [6, 6.07) is 16.0. The van der Waals surface area contributed by atoms with E-state index < -0.39 is 0 Å². The number of anilines is 2. The van der Waals surface area contributed by atoms with Gasteiger partial charge in [0.25, 0.3) is 0 Å². The third kappa shape index (κ3) is 2.83. The second-order valence-corrected chi connectivity index (χ2v) is 7.18. The first kappa shape index (κ1) is 16.6. The van der Waals surface area contributed by atoms with Gasteiger partial charge in [-0.05, 0) is 41.7 Å². The lowest BCUT2D eigenvalue weighted by atomic mass is 9.85. The first-order valence-corrected chi connectivity index (χ1v) is 9.08. The molecule has 3 amide bonds. The third-order valence-corrected chi connectivity index (χ3v) is 5.37. The molecule has 5 heteroatoms. The van der Waals surface area contributed by atoms with E-state index >= 15 is 0 Å². The van der Waals surface area contributed by atoms with E-state index in [-0.39, 0.29) is 18.0 Å². The van der Waals surface area contributed by atoms with Crippen molar-refractivity contribution in [1.29, 1.82) is 0 Å². The van der Waals surface area contributed by atoms with E-state index in [4.69, 9.17) is 0 Å². The Balaban J connectivity index is 1.48. The number of likely N-dealkylation sites (tertiary alicyclic amines) is 1. The molecule has 2 heterocycles. The van der Waals surface area contributed by atoms with Crippen LogP contribution in [0.15, 0.2) is 48.5 Å². The van der Waals surface area contributed by atoms with Crippen molar-refractivity contribution in [2.24, 2.45) is 5.92 Å². The molecule has 0 saturated carbocycles. The Labute approximate surface area is 153 Å². The van der Waals surface area contributed by atoms with Gasteiger partial charge >= 0.3 is 6.03 Å². The van der Waals surface area contributed by atoms with Crippen LogP contribution in [-0.2, 0) is 11.2 Å². The van der Waals surface area contributed by atoms with Gasteiger partial charge in [0.2, 0.25) is 5.91 Å². The molecule has 0 aliphatic carbocycles. The summed E-state index contributed by atoms with van der Waals surface area (Å²) in [7, 11) is 0. The highest BCUT2D eigenvalue weighted by atomic mass is 16.2. The molecule has 1 fully saturated rings. The number of benzene rings is 2. The monoisotopic (exact) mass is 349 g/mol. The lowest BCUT2D eigenvalue weighted by molar-refractivity contribution is -0.116. The molecule has 2 aromatic carbocycles. The molecule has 0 spiro atoms. The minimum atomic E-state index is -0.0710. The summed E-state index contributed by atoms with van der Waals surface area (Å²) in [6.45, 7) is 5.23. The molecule has 2 aliphatic rings. The van der Waals surface area contributed by atoms with Gasteiger partial charge in [0.15, 0.2) is 0 Å². The summed E-state index contributed by atoms with van der Waals surface area (Å²) in [4.78, 5) is 28.1. The minimum absolute atomic E-state index is 0.0563. The molecule has 0 aromatic heterocycles. The summed E-state index contributed by atoms with van der Waals surface area (Å²) >= 11 is 0. The summed E-state index contributed by atoms with van der Waals surface area (Å²) in [5, 5.41) is 3.02. The number of hydrogen-bond acceptors (Lipinski definition) is 2. The number of amides is 3. The van der Waals surface area contributed by atoms with E-state index in [2.05, 4.69) is 24.4 Å². The SMILES string of the molecule is CC(=O)N1CCc2cc(NC(=O)N3C[C@@H](C)[C@@H]3c3ccccc3)ccc21. The smallest absolute Gasteiger partial charge is 0.317 e. The van der Waals surface area contributed by atoms with E-state index in [1.165, 1.54) is 5.56 Å². The first-order chi connectivity index (χ1) is 12.5. The van der Waals surface area contributed by atoms with Crippen LogP contribution in [0.3, 0.4) is 0 Å². The predicted octanol–water partition coefficient (Wildman–Crippen LogP) is 3.82. The van der Waals surface area contributed by atoms with E-state index in [0.29, 0.717) is 12.5 Å².